The lowest BCUT2D eigenvalue weighted by Gasteiger charge is -2.12. The molecular weight excluding hydrogens is 270 g/mol. The zero-order valence-electron chi connectivity index (χ0n) is 9.51. The Kier molecular flexibility index (Phi) is 4.80. The summed E-state index contributed by atoms with van der Waals surface area (Å²) in [5.74, 6) is -0.749. The van der Waals surface area contributed by atoms with Gasteiger partial charge in [0.1, 0.15) is 0 Å². The van der Waals surface area contributed by atoms with Crippen molar-refractivity contribution in [3.8, 4) is 0 Å². The van der Waals surface area contributed by atoms with Gasteiger partial charge in [-0.1, -0.05) is 6.07 Å². The molecule has 0 heterocycles. The molecule has 88 valence electrons. The minimum Gasteiger partial charge on any atom is -0.481 e. The van der Waals surface area contributed by atoms with Crippen LogP contribution >= 0.6 is 15.9 Å². The first kappa shape index (κ1) is 13.0. The number of benzene rings is 1. The van der Waals surface area contributed by atoms with Crippen molar-refractivity contribution >= 4 is 27.6 Å². The molecule has 1 aromatic rings. The predicted molar refractivity (Wildman–Crippen MR) is 69.0 cm³/mol. The minimum atomic E-state index is -0.749. The summed E-state index contributed by atoms with van der Waals surface area (Å²) in [6, 6.07) is 4.15. The Morgan fingerprint density at radius 1 is 1.44 bits per heavy atom. The van der Waals surface area contributed by atoms with E-state index in [1.54, 1.807) is 0 Å². The molecule has 4 heteroatoms. The van der Waals surface area contributed by atoms with Crippen LogP contribution in [-0.2, 0) is 4.79 Å². The van der Waals surface area contributed by atoms with Gasteiger partial charge in [0.15, 0.2) is 0 Å². The van der Waals surface area contributed by atoms with Gasteiger partial charge in [-0.15, -0.1) is 0 Å². The summed E-state index contributed by atoms with van der Waals surface area (Å²) in [4.78, 5) is 10.4. The summed E-state index contributed by atoms with van der Waals surface area (Å²) in [7, 11) is 0. The van der Waals surface area contributed by atoms with E-state index in [0.717, 1.165) is 10.2 Å². The molecule has 0 saturated heterocycles. The van der Waals surface area contributed by atoms with Gasteiger partial charge in [-0.25, -0.2) is 0 Å². The van der Waals surface area contributed by atoms with Crippen molar-refractivity contribution in [2.24, 2.45) is 0 Å². The zero-order valence-corrected chi connectivity index (χ0v) is 11.1. The number of halogens is 1. The van der Waals surface area contributed by atoms with Crippen molar-refractivity contribution in [1.29, 1.82) is 0 Å². The van der Waals surface area contributed by atoms with Crippen LogP contribution in [0.15, 0.2) is 16.6 Å². The number of carboxylic acids is 1. The third-order valence-corrected chi connectivity index (χ3v) is 2.93. The van der Waals surface area contributed by atoms with Crippen molar-refractivity contribution in [2.75, 3.05) is 11.9 Å². The molecule has 0 radical (unpaired) electrons. The van der Waals surface area contributed by atoms with E-state index in [1.165, 1.54) is 11.1 Å². The van der Waals surface area contributed by atoms with Crippen molar-refractivity contribution in [1.82, 2.24) is 0 Å². The topological polar surface area (TPSA) is 49.3 Å². The highest BCUT2D eigenvalue weighted by atomic mass is 79.9. The SMILES string of the molecule is Cc1cc(C)c(NCCCC(=O)O)c(Br)c1. The Bertz CT molecular complexity index is 368. The van der Waals surface area contributed by atoms with E-state index in [2.05, 4.69) is 27.3 Å². The summed E-state index contributed by atoms with van der Waals surface area (Å²) < 4.78 is 1.03. The second kappa shape index (κ2) is 5.89. The molecular formula is C12H16BrNO2. The van der Waals surface area contributed by atoms with E-state index in [1.807, 2.05) is 19.9 Å². The molecule has 0 spiro atoms. The molecule has 0 aromatic heterocycles. The zero-order chi connectivity index (χ0) is 12.1. The highest BCUT2D eigenvalue weighted by Crippen LogP contribution is 2.27. The molecule has 0 aliphatic rings. The monoisotopic (exact) mass is 285 g/mol. The maximum atomic E-state index is 10.4. The highest BCUT2D eigenvalue weighted by molar-refractivity contribution is 9.10. The Balaban J connectivity index is 2.57. The van der Waals surface area contributed by atoms with Gasteiger partial charge in [0.05, 0.1) is 5.69 Å². The van der Waals surface area contributed by atoms with Crippen LogP contribution in [0, 0.1) is 13.8 Å². The lowest BCUT2D eigenvalue weighted by Crippen LogP contribution is -2.06. The fourth-order valence-electron chi connectivity index (χ4n) is 1.59. The Morgan fingerprint density at radius 3 is 2.69 bits per heavy atom. The van der Waals surface area contributed by atoms with Crippen LogP contribution in [-0.4, -0.2) is 17.6 Å². The van der Waals surface area contributed by atoms with E-state index in [4.69, 9.17) is 5.11 Å². The fourth-order valence-corrected chi connectivity index (χ4v) is 2.41. The number of hydrogen-bond acceptors (Lipinski definition) is 2. The van der Waals surface area contributed by atoms with Gasteiger partial charge >= 0.3 is 5.97 Å². The predicted octanol–water partition coefficient (Wildman–Crippen LogP) is 3.34. The number of aliphatic carboxylic acids is 1. The average Bonchev–Trinajstić information content (AvgIpc) is 2.14. The number of rotatable bonds is 5. The number of nitrogens with one attached hydrogen (secondary N) is 1. The summed E-state index contributed by atoms with van der Waals surface area (Å²) in [6.07, 6.45) is 0.838. The number of carbonyl (C=O) groups is 1. The third kappa shape index (κ3) is 3.85. The summed E-state index contributed by atoms with van der Waals surface area (Å²) in [5.41, 5.74) is 3.43. The van der Waals surface area contributed by atoms with Crippen LogP contribution in [0.1, 0.15) is 24.0 Å². The Morgan fingerprint density at radius 2 is 2.12 bits per heavy atom. The van der Waals surface area contributed by atoms with Gasteiger partial charge in [0.25, 0.3) is 0 Å². The molecule has 1 aromatic carbocycles. The van der Waals surface area contributed by atoms with Gasteiger partial charge in [-0.2, -0.15) is 0 Å². The lowest BCUT2D eigenvalue weighted by atomic mass is 10.1. The molecule has 0 atom stereocenters. The maximum Gasteiger partial charge on any atom is 0.303 e. The first-order chi connectivity index (χ1) is 7.50. The molecule has 0 fully saturated rings. The van der Waals surface area contributed by atoms with E-state index in [9.17, 15) is 4.79 Å². The van der Waals surface area contributed by atoms with Crippen molar-refractivity contribution in [2.45, 2.75) is 26.7 Å². The van der Waals surface area contributed by atoms with Gasteiger partial charge in [0.2, 0.25) is 0 Å². The molecule has 0 saturated carbocycles. The standard InChI is InChI=1S/C12H16BrNO2/c1-8-6-9(2)12(10(13)7-8)14-5-3-4-11(15)16/h6-7,14H,3-5H2,1-2H3,(H,15,16). The van der Waals surface area contributed by atoms with E-state index < -0.39 is 5.97 Å². The van der Waals surface area contributed by atoms with Crippen LogP contribution in [0.3, 0.4) is 0 Å². The van der Waals surface area contributed by atoms with Crippen molar-refractivity contribution in [3.63, 3.8) is 0 Å². The van der Waals surface area contributed by atoms with Crippen molar-refractivity contribution < 1.29 is 9.90 Å². The number of carboxylic acid groups (broad SMARTS) is 1. The third-order valence-electron chi connectivity index (χ3n) is 2.30. The molecule has 2 N–H and O–H groups in total. The second-order valence-electron chi connectivity index (χ2n) is 3.86. The lowest BCUT2D eigenvalue weighted by molar-refractivity contribution is -0.137. The molecule has 0 amide bonds. The highest BCUT2D eigenvalue weighted by Gasteiger charge is 2.04. The smallest absolute Gasteiger partial charge is 0.303 e. The minimum absolute atomic E-state index is 0.204. The van der Waals surface area contributed by atoms with E-state index in [0.29, 0.717) is 13.0 Å². The van der Waals surface area contributed by atoms with E-state index in [-0.39, 0.29) is 6.42 Å². The largest absolute Gasteiger partial charge is 0.481 e. The maximum absolute atomic E-state index is 10.4. The number of aryl methyl sites for hydroxylation is 2. The van der Waals surface area contributed by atoms with Gasteiger partial charge in [0, 0.05) is 17.4 Å². The van der Waals surface area contributed by atoms with Gasteiger partial charge in [-0.05, 0) is 53.4 Å². The Labute approximate surface area is 104 Å². The first-order valence-electron chi connectivity index (χ1n) is 5.23. The average molecular weight is 286 g/mol. The Hall–Kier alpha value is -1.03. The molecule has 0 unspecified atom stereocenters. The molecule has 0 aliphatic heterocycles. The van der Waals surface area contributed by atoms with Crippen molar-refractivity contribution in [3.05, 3.63) is 27.7 Å². The molecule has 3 nitrogen and oxygen atoms in total. The summed E-state index contributed by atoms with van der Waals surface area (Å²) >= 11 is 3.50. The normalized spacial score (nSPS) is 10.2. The van der Waals surface area contributed by atoms with Crippen LogP contribution in [0.25, 0.3) is 0 Å². The second-order valence-corrected chi connectivity index (χ2v) is 4.72. The molecule has 1 rings (SSSR count). The van der Waals surface area contributed by atoms with Crippen LogP contribution in [0.4, 0.5) is 5.69 Å². The summed E-state index contributed by atoms with van der Waals surface area (Å²) in [6.45, 7) is 4.76. The van der Waals surface area contributed by atoms with E-state index >= 15 is 0 Å². The number of hydrogen-bond donors (Lipinski definition) is 2. The molecule has 0 bridgehead atoms. The fraction of sp³-hybridized carbons (Fsp3) is 0.417. The van der Waals surface area contributed by atoms with Crippen LogP contribution in [0.2, 0.25) is 0 Å². The van der Waals surface area contributed by atoms with Crippen LogP contribution < -0.4 is 5.32 Å². The summed E-state index contributed by atoms with van der Waals surface area (Å²) in [5, 5.41) is 11.8. The van der Waals surface area contributed by atoms with Gasteiger partial charge in [-0.3, -0.25) is 4.79 Å². The molecule has 16 heavy (non-hydrogen) atoms. The van der Waals surface area contributed by atoms with Crippen LogP contribution in [0.5, 0.6) is 0 Å². The quantitative estimate of drug-likeness (QED) is 0.816. The van der Waals surface area contributed by atoms with Gasteiger partial charge < -0.3 is 10.4 Å². The number of anilines is 1. The first-order valence-corrected chi connectivity index (χ1v) is 6.02. The molecule has 0 aliphatic carbocycles.